The van der Waals surface area contributed by atoms with E-state index in [0.29, 0.717) is 5.92 Å². The van der Waals surface area contributed by atoms with Crippen LogP contribution in [0.1, 0.15) is 24.6 Å². The topological polar surface area (TPSA) is 29.9 Å². The SMILES string of the molecule is CCCNCC(Cc1ccn(C)n1)Cc1ccccc1F. The Bertz CT molecular complexity index is 550. The molecule has 0 spiro atoms. The maximum absolute atomic E-state index is 13.8. The molecule has 0 aliphatic rings. The zero-order valence-electron chi connectivity index (χ0n) is 12.8. The number of nitrogens with zero attached hydrogens (tertiary/aromatic N) is 2. The number of hydrogen-bond acceptors (Lipinski definition) is 2. The van der Waals surface area contributed by atoms with Crippen molar-refractivity contribution in [3.05, 3.63) is 53.6 Å². The molecule has 0 bridgehead atoms. The molecule has 0 aliphatic carbocycles. The predicted molar refractivity (Wildman–Crippen MR) is 83.7 cm³/mol. The van der Waals surface area contributed by atoms with Crippen LogP contribution in [0.2, 0.25) is 0 Å². The lowest BCUT2D eigenvalue weighted by atomic mass is 9.94. The minimum absolute atomic E-state index is 0.112. The third-order valence-corrected chi connectivity index (χ3v) is 3.59. The molecule has 1 aromatic carbocycles. The van der Waals surface area contributed by atoms with Gasteiger partial charge in [-0.25, -0.2) is 4.39 Å². The Kier molecular flexibility index (Phi) is 5.93. The van der Waals surface area contributed by atoms with Crippen LogP contribution < -0.4 is 5.32 Å². The smallest absolute Gasteiger partial charge is 0.126 e. The van der Waals surface area contributed by atoms with E-state index in [9.17, 15) is 4.39 Å². The fourth-order valence-corrected chi connectivity index (χ4v) is 2.54. The van der Waals surface area contributed by atoms with Gasteiger partial charge in [0.25, 0.3) is 0 Å². The van der Waals surface area contributed by atoms with E-state index in [4.69, 9.17) is 0 Å². The molecule has 1 N–H and O–H groups in total. The zero-order chi connectivity index (χ0) is 15.1. The first-order valence-corrected chi connectivity index (χ1v) is 7.61. The van der Waals surface area contributed by atoms with Crippen LogP contribution in [-0.2, 0) is 19.9 Å². The highest BCUT2D eigenvalue weighted by Gasteiger charge is 2.14. The van der Waals surface area contributed by atoms with Crippen LogP contribution in [0.4, 0.5) is 4.39 Å². The van der Waals surface area contributed by atoms with Gasteiger partial charge < -0.3 is 5.32 Å². The number of benzene rings is 1. The lowest BCUT2D eigenvalue weighted by Gasteiger charge is -2.17. The van der Waals surface area contributed by atoms with Crippen LogP contribution in [0.25, 0.3) is 0 Å². The number of nitrogens with one attached hydrogen (secondary N) is 1. The van der Waals surface area contributed by atoms with E-state index in [1.807, 2.05) is 36.1 Å². The summed E-state index contributed by atoms with van der Waals surface area (Å²) in [5.74, 6) is 0.238. The van der Waals surface area contributed by atoms with Crippen LogP contribution in [0.5, 0.6) is 0 Å². The van der Waals surface area contributed by atoms with Crippen molar-refractivity contribution in [3.63, 3.8) is 0 Å². The maximum atomic E-state index is 13.8. The third kappa shape index (κ3) is 4.97. The highest BCUT2D eigenvalue weighted by atomic mass is 19.1. The Labute approximate surface area is 126 Å². The van der Waals surface area contributed by atoms with Gasteiger partial charge in [0.1, 0.15) is 5.82 Å². The summed E-state index contributed by atoms with van der Waals surface area (Å²) in [4.78, 5) is 0. The van der Waals surface area contributed by atoms with E-state index in [-0.39, 0.29) is 5.82 Å². The van der Waals surface area contributed by atoms with Crippen molar-refractivity contribution in [1.29, 1.82) is 0 Å². The summed E-state index contributed by atoms with van der Waals surface area (Å²) in [7, 11) is 1.92. The number of hydrogen-bond donors (Lipinski definition) is 1. The molecule has 0 fully saturated rings. The molecular weight excluding hydrogens is 265 g/mol. The molecule has 2 rings (SSSR count). The van der Waals surface area contributed by atoms with Crippen molar-refractivity contribution in [1.82, 2.24) is 15.1 Å². The Morgan fingerprint density at radius 3 is 2.71 bits per heavy atom. The molecule has 1 heterocycles. The lowest BCUT2D eigenvalue weighted by molar-refractivity contribution is 0.455. The average Bonchev–Trinajstić information content (AvgIpc) is 2.87. The Morgan fingerprint density at radius 1 is 1.24 bits per heavy atom. The molecule has 0 saturated heterocycles. The molecular formula is C17H24FN3. The number of rotatable bonds is 8. The second-order valence-electron chi connectivity index (χ2n) is 5.55. The van der Waals surface area contributed by atoms with E-state index in [1.54, 1.807) is 6.07 Å². The molecule has 1 aromatic heterocycles. The van der Waals surface area contributed by atoms with E-state index in [2.05, 4.69) is 17.3 Å². The normalized spacial score (nSPS) is 12.5. The van der Waals surface area contributed by atoms with Crippen LogP contribution in [-0.4, -0.2) is 22.9 Å². The quantitative estimate of drug-likeness (QED) is 0.757. The monoisotopic (exact) mass is 289 g/mol. The van der Waals surface area contributed by atoms with E-state index >= 15 is 0 Å². The molecule has 0 radical (unpaired) electrons. The van der Waals surface area contributed by atoms with E-state index < -0.39 is 0 Å². The molecule has 4 heteroatoms. The maximum Gasteiger partial charge on any atom is 0.126 e. The summed E-state index contributed by atoms with van der Waals surface area (Å²) in [6.45, 7) is 4.03. The van der Waals surface area contributed by atoms with Gasteiger partial charge >= 0.3 is 0 Å². The average molecular weight is 289 g/mol. The summed E-state index contributed by atoms with van der Waals surface area (Å²) in [6.07, 6.45) is 4.66. The summed E-state index contributed by atoms with van der Waals surface area (Å²) in [5, 5.41) is 7.88. The first-order valence-electron chi connectivity index (χ1n) is 7.61. The van der Waals surface area contributed by atoms with Gasteiger partial charge in [0.15, 0.2) is 0 Å². The fraction of sp³-hybridized carbons (Fsp3) is 0.471. The lowest BCUT2D eigenvalue weighted by Crippen LogP contribution is -2.27. The second-order valence-corrected chi connectivity index (χ2v) is 5.55. The second kappa shape index (κ2) is 7.93. The number of aryl methyl sites for hydroxylation is 1. The van der Waals surface area contributed by atoms with Gasteiger partial charge in [-0.05, 0) is 56.0 Å². The number of halogens is 1. The zero-order valence-corrected chi connectivity index (χ0v) is 12.8. The van der Waals surface area contributed by atoms with Crippen molar-refractivity contribution in [3.8, 4) is 0 Å². The molecule has 3 nitrogen and oxygen atoms in total. The van der Waals surface area contributed by atoms with Crippen molar-refractivity contribution in [2.45, 2.75) is 26.2 Å². The minimum Gasteiger partial charge on any atom is -0.316 e. The van der Waals surface area contributed by atoms with Crippen molar-refractivity contribution in [2.75, 3.05) is 13.1 Å². The summed E-state index contributed by atoms with van der Waals surface area (Å²) in [5.41, 5.74) is 1.86. The highest BCUT2D eigenvalue weighted by Crippen LogP contribution is 2.16. The van der Waals surface area contributed by atoms with Crippen molar-refractivity contribution >= 4 is 0 Å². The molecule has 0 saturated carbocycles. The van der Waals surface area contributed by atoms with Gasteiger partial charge in [-0.2, -0.15) is 5.10 Å². The van der Waals surface area contributed by atoms with Crippen LogP contribution in [0.3, 0.4) is 0 Å². The fourth-order valence-electron chi connectivity index (χ4n) is 2.54. The Morgan fingerprint density at radius 2 is 2.05 bits per heavy atom. The molecule has 0 aliphatic heterocycles. The van der Waals surface area contributed by atoms with E-state index in [1.165, 1.54) is 6.07 Å². The van der Waals surface area contributed by atoms with Gasteiger partial charge in [0.05, 0.1) is 5.69 Å². The van der Waals surface area contributed by atoms with Crippen molar-refractivity contribution in [2.24, 2.45) is 13.0 Å². The van der Waals surface area contributed by atoms with Gasteiger partial charge in [0.2, 0.25) is 0 Å². The molecule has 114 valence electrons. The summed E-state index contributed by atoms with van der Waals surface area (Å²) >= 11 is 0. The van der Waals surface area contributed by atoms with Gasteiger partial charge in [0, 0.05) is 13.2 Å². The van der Waals surface area contributed by atoms with Crippen molar-refractivity contribution < 1.29 is 4.39 Å². The Hall–Kier alpha value is -1.68. The third-order valence-electron chi connectivity index (χ3n) is 3.59. The predicted octanol–water partition coefficient (Wildman–Crippen LogP) is 2.96. The molecule has 0 amide bonds. The van der Waals surface area contributed by atoms with Crippen LogP contribution in [0.15, 0.2) is 36.5 Å². The standard InChI is InChI=1S/C17H24FN3/c1-3-9-19-13-14(12-16-8-10-21(2)20-16)11-15-6-4-5-7-17(15)18/h4-8,10,14,19H,3,9,11-13H2,1-2H3. The first kappa shape index (κ1) is 15.7. The molecule has 1 unspecified atom stereocenters. The first-order chi connectivity index (χ1) is 10.2. The number of aromatic nitrogens is 2. The largest absolute Gasteiger partial charge is 0.316 e. The highest BCUT2D eigenvalue weighted by molar-refractivity contribution is 5.18. The van der Waals surface area contributed by atoms with Gasteiger partial charge in [-0.15, -0.1) is 0 Å². The van der Waals surface area contributed by atoms with Gasteiger partial charge in [-0.3, -0.25) is 4.68 Å². The van der Waals surface area contributed by atoms with Crippen LogP contribution >= 0.6 is 0 Å². The van der Waals surface area contributed by atoms with E-state index in [0.717, 1.165) is 43.6 Å². The van der Waals surface area contributed by atoms with Gasteiger partial charge in [-0.1, -0.05) is 25.1 Å². The molecule has 2 aromatic rings. The minimum atomic E-state index is -0.112. The van der Waals surface area contributed by atoms with Crippen LogP contribution in [0, 0.1) is 11.7 Å². The summed E-state index contributed by atoms with van der Waals surface area (Å²) < 4.78 is 15.7. The molecule has 1 atom stereocenters. The molecule has 21 heavy (non-hydrogen) atoms. The Balaban J connectivity index is 2.02. The summed E-state index contributed by atoms with van der Waals surface area (Å²) in [6, 6.07) is 9.08.